The lowest BCUT2D eigenvalue weighted by atomic mass is 9.59. The maximum absolute atomic E-state index is 12.6. The molecular weight excluding hydrogens is 330 g/mol. The smallest absolute Gasteiger partial charge is 0.271 e. The van der Waals surface area contributed by atoms with E-state index in [0.717, 1.165) is 38.8 Å². The Morgan fingerprint density at radius 2 is 1.81 bits per heavy atom. The number of nitrogens with zero attached hydrogens (tertiary/aromatic N) is 4. The minimum absolute atomic E-state index is 0.0571. The molecule has 0 aromatic carbocycles. The van der Waals surface area contributed by atoms with Crippen LogP contribution < -0.4 is 5.32 Å². The Labute approximate surface area is 151 Å². The fourth-order valence-electron chi connectivity index (χ4n) is 4.00. The van der Waals surface area contributed by atoms with E-state index in [2.05, 4.69) is 20.3 Å². The summed E-state index contributed by atoms with van der Waals surface area (Å²) in [5, 5.41) is 3.12. The lowest BCUT2D eigenvalue weighted by molar-refractivity contribution is -0.00240. The summed E-state index contributed by atoms with van der Waals surface area (Å²) in [6.07, 6.45) is 11.7. The fraction of sp³-hybridized carbons (Fsp3) is 0.421. The van der Waals surface area contributed by atoms with Crippen molar-refractivity contribution in [3.63, 3.8) is 0 Å². The summed E-state index contributed by atoms with van der Waals surface area (Å²) in [5.74, 6) is -0.112. The minimum Gasteiger partial charge on any atom is -0.347 e. The summed E-state index contributed by atoms with van der Waals surface area (Å²) in [7, 11) is 0. The van der Waals surface area contributed by atoms with Gasteiger partial charge < -0.3 is 10.2 Å². The maximum atomic E-state index is 12.6. The molecule has 1 aliphatic heterocycles. The average Bonchev–Trinajstić information content (AvgIpc) is 2.72. The Bertz CT molecular complexity index is 788. The molecule has 0 radical (unpaired) electrons. The molecule has 2 aliphatic rings. The number of hydrogen-bond donors (Lipinski definition) is 1. The van der Waals surface area contributed by atoms with E-state index in [1.807, 2.05) is 4.90 Å². The number of nitrogens with one attached hydrogen (secondary N) is 1. The van der Waals surface area contributed by atoms with Gasteiger partial charge in [-0.3, -0.25) is 19.6 Å². The predicted octanol–water partition coefficient (Wildman–Crippen LogP) is 1.69. The molecule has 2 aromatic heterocycles. The first kappa shape index (κ1) is 16.6. The normalized spacial score (nSPS) is 21.1. The largest absolute Gasteiger partial charge is 0.347 e. The van der Waals surface area contributed by atoms with Gasteiger partial charge in [0, 0.05) is 49.5 Å². The van der Waals surface area contributed by atoms with Crippen LogP contribution in [0.2, 0.25) is 0 Å². The van der Waals surface area contributed by atoms with E-state index >= 15 is 0 Å². The highest BCUT2D eigenvalue weighted by molar-refractivity contribution is 5.94. The lowest BCUT2D eigenvalue weighted by Crippen LogP contribution is -2.59. The molecule has 1 saturated heterocycles. The highest BCUT2D eigenvalue weighted by Gasteiger charge is 2.49. The van der Waals surface area contributed by atoms with Crippen molar-refractivity contribution in [1.29, 1.82) is 0 Å². The second-order valence-electron chi connectivity index (χ2n) is 7.05. The summed E-state index contributed by atoms with van der Waals surface area (Å²) in [5.41, 5.74) is 1.13. The van der Waals surface area contributed by atoms with Crippen molar-refractivity contribution >= 4 is 11.8 Å². The molecule has 1 atom stereocenters. The van der Waals surface area contributed by atoms with Crippen LogP contribution in [0.25, 0.3) is 0 Å². The standard InChI is InChI=1S/C19H21N5O2/c25-17(15-13-21-9-10-22-15)23-16-1-4-19(16)5-11-24(12-6-19)18(26)14-2-7-20-8-3-14/h2-3,7-10,13,16H,1,4-6,11-12H2,(H,23,25). The number of amides is 2. The third kappa shape index (κ3) is 3.05. The first-order chi connectivity index (χ1) is 12.7. The van der Waals surface area contributed by atoms with Crippen LogP contribution in [0, 0.1) is 5.41 Å². The summed E-state index contributed by atoms with van der Waals surface area (Å²) in [4.78, 5) is 38.8. The van der Waals surface area contributed by atoms with E-state index in [0.29, 0.717) is 11.3 Å². The topological polar surface area (TPSA) is 88.1 Å². The van der Waals surface area contributed by atoms with Gasteiger partial charge in [-0.1, -0.05) is 0 Å². The van der Waals surface area contributed by atoms with E-state index in [4.69, 9.17) is 0 Å². The Morgan fingerprint density at radius 3 is 2.42 bits per heavy atom. The molecule has 1 unspecified atom stereocenters. The second-order valence-corrected chi connectivity index (χ2v) is 7.05. The van der Waals surface area contributed by atoms with Crippen molar-refractivity contribution in [3.8, 4) is 0 Å². The number of hydrogen-bond acceptors (Lipinski definition) is 5. The van der Waals surface area contributed by atoms with Crippen LogP contribution in [0.1, 0.15) is 46.5 Å². The molecule has 2 amide bonds. The van der Waals surface area contributed by atoms with Crippen LogP contribution in [0.15, 0.2) is 43.1 Å². The predicted molar refractivity (Wildman–Crippen MR) is 94.3 cm³/mol. The third-order valence-corrected chi connectivity index (χ3v) is 5.74. The van der Waals surface area contributed by atoms with Crippen LogP contribution in [-0.2, 0) is 0 Å². The lowest BCUT2D eigenvalue weighted by Gasteiger charge is -2.54. The Morgan fingerprint density at radius 1 is 1.04 bits per heavy atom. The van der Waals surface area contributed by atoms with Crippen molar-refractivity contribution in [2.24, 2.45) is 5.41 Å². The molecule has 2 fully saturated rings. The maximum Gasteiger partial charge on any atom is 0.271 e. The Balaban J connectivity index is 1.36. The van der Waals surface area contributed by atoms with Crippen LogP contribution >= 0.6 is 0 Å². The highest BCUT2D eigenvalue weighted by Crippen LogP contribution is 2.49. The molecule has 1 N–H and O–H groups in total. The van der Waals surface area contributed by atoms with Crippen molar-refractivity contribution in [2.45, 2.75) is 31.7 Å². The molecule has 26 heavy (non-hydrogen) atoms. The SMILES string of the molecule is O=C(NC1CCC12CCN(C(=O)c1ccncc1)CC2)c1cnccn1. The third-order valence-electron chi connectivity index (χ3n) is 5.74. The summed E-state index contributed by atoms with van der Waals surface area (Å²) in [6.45, 7) is 1.44. The first-order valence-electron chi connectivity index (χ1n) is 8.94. The van der Waals surface area contributed by atoms with Crippen LogP contribution in [0.4, 0.5) is 0 Å². The first-order valence-corrected chi connectivity index (χ1v) is 8.94. The highest BCUT2D eigenvalue weighted by atomic mass is 16.2. The number of carbonyl (C=O) groups excluding carboxylic acids is 2. The van der Waals surface area contributed by atoms with Crippen molar-refractivity contribution in [1.82, 2.24) is 25.2 Å². The van der Waals surface area contributed by atoms with E-state index in [9.17, 15) is 9.59 Å². The van der Waals surface area contributed by atoms with Gasteiger partial charge in [-0.15, -0.1) is 0 Å². The van der Waals surface area contributed by atoms with E-state index in [1.54, 1.807) is 30.7 Å². The van der Waals surface area contributed by atoms with E-state index in [-0.39, 0.29) is 23.3 Å². The zero-order valence-corrected chi connectivity index (χ0v) is 14.5. The summed E-state index contributed by atoms with van der Waals surface area (Å²) >= 11 is 0. The monoisotopic (exact) mass is 351 g/mol. The molecular formula is C19H21N5O2. The van der Waals surface area contributed by atoms with Gasteiger partial charge in [0.25, 0.3) is 11.8 Å². The second kappa shape index (κ2) is 6.82. The molecule has 3 heterocycles. The van der Waals surface area contributed by atoms with Crippen LogP contribution in [-0.4, -0.2) is 50.8 Å². The number of piperidine rings is 1. The Hall–Kier alpha value is -2.83. The van der Waals surface area contributed by atoms with Gasteiger partial charge in [0.15, 0.2) is 0 Å². The van der Waals surface area contributed by atoms with Gasteiger partial charge in [-0.2, -0.15) is 0 Å². The van der Waals surface area contributed by atoms with Crippen molar-refractivity contribution in [3.05, 3.63) is 54.4 Å². The van der Waals surface area contributed by atoms with Gasteiger partial charge in [0.1, 0.15) is 5.69 Å². The molecule has 2 aromatic rings. The number of carbonyl (C=O) groups is 2. The van der Waals surface area contributed by atoms with E-state index in [1.165, 1.54) is 12.4 Å². The molecule has 1 saturated carbocycles. The number of pyridine rings is 1. The van der Waals surface area contributed by atoms with Gasteiger partial charge in [0.2, 0.25) is 0 Å². The van der Waals surface area contributed by atoms with Gasteiger partial charge in [-0.05, 0) is 43.2 Å². The van der Waals surface area contributed by atoms with Crippen molar-refractivity contribution < 1.29 is 9.59 Å². The summed E-state index contributed by atoms with van der Waals surface area (Å²) in [6, 6.07) is 3.65. The number of aromatic nitrogens is 3. The fourth-order valence-corrected chi connectivity index (χ4v) is 4.00. The molecule has 134 valence electrons. The van der Waals surface area contributed by atoms with E-state index < -0.39 is 0 Å². The van der Waals surface area contributed by atoms with Crippen molar-refractivity contribution in [2.75, 3.05) is 13.1 Å². The van der Waals surface area contributed by atoms with Gasteiger partial charge >= 0.3 is 0 Å². The molecule has 1 aliphatic carbocycles. The van der Waals surface area contributed by atoms with Crippen LogP contribution in [0.3, 0.4) is 0 Å². The zero-order valence-electron chi connectivity index (χ0n) is 14.5. The molecule has 1 spiro atoms. The number of rotatable bonds is 3. The zero-order chi connectivity index (χ0) is 18.0. The van der Waals surface area contributed by atoms with Crippen LogP contribution in [0.5, 0.6) is 0 Å². The number of likely N-dealkylation sites (tertiary alicyclic amines) is 1. The van der Waals surface area contributed by atoms with Gasteiger partial charge in [-0.25, -0.2) is 4.98 Å². The molecule has 7 heteroatoms. The minimum atomic E-state index is -0.169. The average molecular weight is 351 g/mol. The van der Waals surface area contributed by atoms with Gasteiger partial charge in [0.05, 0.1) is 6.20 Å². The molecule has 4 rings (SSSR count). The Kier molecular flexibility index (Phi) is 4.36. The summed E-state index contributed by atoms with van der Waals surface area (Å²) < 4.78 is 0. The molecule has 7 nitrogen and oxygen atoms in total. The quantitative estimate of drug-likeness (QED) is 0.909. The molecule has 0 bridgehead atoms.